The zero-order chi connectivity index (χ0) is 21.8. The lowest BCUT2D eigenvalue weighted by atomic mass is 9.70. The molecule has 2 bridgehead atoms. The van der Waals surface area contributed by atoms with E-state index in [0.717, 1.165) is 5.56 Å². The van der Waals surface area contributed by atoms with E-state index in [0.29, 0.717) is 23.6 Å². The van der Waals surface area contributed by atoms with Crippen molar-refractivity contribution in [2.75, 3.05) is 19.0 Å². The fraction of sp³-hybridized carbons (Fsp3) is 0.571. The van der Waals surface area contributed by atoms with Gasteiger partial charge in [-0.1, -0.05) is 23.7 Å². The highest BCUT2D eigenvalue weighted by molar-refractivity contribution is 6.34. The largest absolute Gasteiger partial charge is 0.394 e. The molecule has 3 aliphatic rings. The van der Waals surface area contributed by atoms with Crippen molar-refractivity contribution in [3.63, 3.8) is 0 Å². The van der Waals surface area contributed by atoms with Gasteiger partial charge in [0.25, 0.3) is 0 Å². The van der Waals surface area contributed by atoms with Gasteiger partial charge in [0.2, 0.25) is 17.7 Å². The first kappa shape index (κ1) is 21.1. The van der Waals surface area contributed by atoms with Gasteiger partial charge in [0.1, 0.15) is 11.6 Å². The summed E-state index contributed by atoms with van der Waals surface area (Å²) in [5, 5.41) is 15.7. The highest BCUT2D eigenvalue weighted by Crippen LogP contribution is 2.58. The molecular weight excluding hydrogens is 410 g/mol. The molecule has 162 valence electrons. The van der Waals surface area contributed by atoms with Crippen molar-refractivity contribution in [3.05, 3.63) is 28.8 Å². The second kappa shape index (κ2) is 7.51. The zero-order valence-corrected chi connectivity index (χ0v) is 17.9. The molecule has 3 N–H and O–H groups in total. The van der Waals surface area contributed by atoms with Crippen molar-refractivity contribution in [1.29, 1.82) is 0 Å². The molecule has 6 atom stereocenters. The average Bonchev–Trinajstić information content (AvgIpc) is 3.37. The Balaban J connectivity index is 1.76. The topological polar surface area (TPSA) is 108 Å². The van der Waals surface area contributed by atoms with Gasteiger partial charge in [0.05, 0.1) is 41.3 Å². The summed E-state index contributed by atoms with van der Waals surface area (Å²) in [4.78, 5) is 40.9. The Bertz CT molecular complexity index is 888. The molecule has 1 aromatic carbocycles. The summed E-state index contributed by atoms with van der Waals surface area (Å²) >= 11 is 6.29. The van der Waals surface area contributed by atoms with Crippen LogP contribution in [0.25, 0.3) is 0 Å². The van der Waals surface area contributed by atoms with Crippen molar-refractivity contribution < 1.29 is 24.2 Å². The molecule has 2 unspecified atom stereocenters. The van der Waals surface area contributed by atoms with E-state index in [-0.39, 0.29) is 18.4 Å². The van der Waals surface area contributed by atoms with Crippen LogP contribution in [0.4, 0.5) is 5.69 Å². The number of amides is 3. The molecule has 8 nitrogen and oxygen atoms in total. The molecule has 3 heterocycles. The predicted octanol–water partition coefficient (Wildman–Crippen LogP) is 1.09. The Kier molecular flexibility index (Phi) is 5.28. The number of likely N-dealkylation sites (tertiary alicyclic amines) is 1. The third kappa shape index (κ3) is 2.85. The van der Waals surface area contributed by atoms with Gasteiger partial charge < -0.3 is 25.4 Å². The van der Waals surface area contributed by atoms with Gasteiger partial charge in [-0.25, -0.2) is 0 Å². The lowest BCUT2D eigenvalue weighted by molar-refractivity contribution is -0.143. The van der Waals surface area contributed by atoms with Gasteiger partial charge in [-0.05, 0) is 38.3 Å². The lowest BCUT2D eigenvalue weighted by Crippen LogP contribution is -2.55. The molecule has 3 fully saturated rings. The number of halogens is 1. The number of carbonyl (C=O) groups is 3. The van der Waals surface area contributed by atoms with E-state index in [9.17, 15) is 19.5 Å². The maximum atomic E-state index is 13.5. The molecule has 1 aromatic rings. The van der Waals surface area contributed by atoms with Crippen molar-refractivity contribution >= 4 is 35.0 Å². The summed E-state index contributed by atoms with van der Waals surface area (Å²) < 4.78 is 6.25. The molecule has 0 radical (unpaired) electrons. The second-order valence-corrected chi connectivity index (χ2v) is 8.78. The summed E-state index contributed by atoms with van der Waals surface area (Å²) in [6.45, 7) is 3.20. The van der Waals surface area contributed by atoms with Crippen LogP contribution in [0.2, 0.25) is 5.02 Å². The van der Waals surface area contributed by atoms with E-state index in [1.807, 2.05) is 13.0 Å². The van der Waals surface area contributed by atoms with E-state index < -0.39 is 41.5 Å². The van der Waals surface area contributed by atoms with Gasteiger partial charge in [0.15, 0.2) is 0 Å². The number of rotatable bonds is 5. The average molecular weight is 436 g/mol. The predicted molar refractivity (Wildman–Crippen MR) is 110 cm³/mol. The third-order valence-electron chi connectivity index (χ3n) is 6.74. The van der Waals surface area contributed by atoms with Crippen LogP contribution < -0.4 is 10.6 Å². The van der Waals surface area contributed by atoms with Crippen molar-refractivity contribution in [2.45, 2.75) is 50.5 Å². The SMILES string of the molecule is CNC(=O)[C@@H]1[C@H]2C(=O)N([C@H](C)CO)C(C(=O)Nc3c(C)cccc3Cl)C23CC[C@H]1O3. The molecule has 3 aliphatic heterocycles. The number of para-hydroxylation sites is 1. The number of anilines is 1. The van der Waals surface area contributed by atoms with Gasteiger partial charge in [0, 0.05) is 7.05 Å². The molecular formula is C21H26ClN3O5. The maximum absolute atomic E-state index is 13.5. The van der Waals surface area contributed by atoms with Crippen LogP contribution in [-0.2, 0) is 19.1 Å². The minimum atomic E-state index is -1.10. The minimum absolute atomic E-state index is 0.264. The number of aliphatic hydroxyl groups is 1. The van der Waals surface area contributed by atoms with Crippen LogP contribution >= 0.6 is 11.6 Å². The molecule has 3 saturated heterocycles. The minimum Gasteiger partial charge on any atom is -0.394 e. The van der Waals surface area contributed by atoms with E-state index in [1.54, 1.807) is 19.1 Å². The molecule has 4 rings (SSSR count). The number of nitrogens with one attached hydrogen (secondary N) is 2. The zero-order valence-electron chi connectivity index (χ0n) is 17.1. The Morgan fingerprint density at radius 3 is 2.77 bits per heavy atom. The molecule has 3 amide bonds. The van der Waals surface area contributed by atoms with E-state index in [2.05, 4.69) is 10.6 Å². The maximum Gasteiger partial charge on any atom is 0.250 e. The Morgan fingerprint density at radius 1 is 1.40 bits per heavy atom. The molecule has 0 aromatic heterocycles. The summed E-state index contributed by atoms with van der Waals surface area (Å²) in [6, 6.07) is 3.73. The first-order valence-corrected chi connectivity index (χ1v) is 10.5. The number of aliphatic hydroxyl groups excluding tert-OH is 1. The fourth-order valence-corrected chi connectivity index (χ4v) is 5.67. The monoisotopic (exact) mass is 435 g/mol. The van der Waals surface area contributed by atoms with Crippen LogP contribution in [0.5, 0.6) is 0 Å². The first-order chi connectivity index (χ1) is 14.3. The molecule has 30 heavy (non-hydrogen) atoms. The smallest absolute Gasteiger partial charge is 0.250 e. The standard InChI is InChI=1S/C21H26ClN3O5/c1-10-5-4-6-12(22)16(10)24-19(28)17-21-8-7-13(30-21)14(18(27)23-3)15(21)20(29)25(17)11(2)9-26/h4-6,11,13-15,17,26H,7-9H2,1-3H3,(H,23,27)(H,24,28)/t11-,13-,14+,15+,17?,21?/m1/s1. The summed E-state index contributed by atoms with van der Waals surface area (Å²) in [5.74, 6) is -2.43. The van der Waals surface area contributed by atoms with Gasteiger partial charge in [-0.2, -0.15) is 0 Å². The highest BCUT2D eigenvalue weighted by Gasteiger charge is 2.74. The first-order valence-electron chi connectivity index (χ1n) is 10.1. The van der Waals surface area contributed by atoms with Gasteiger partial charge in [-0.15, -0.1) is 0 Å². The molecule has 0 aliphatic carbocycles. The number of benzene rings is 1. The summed E-state index contributed by atoms with van der Waals surface area (Å²) in [7, 11) is 1.53. The van der Waals surface area contributed by atoms with Crippen molar-refractivity contribution in [3.8, 4) is 0 Å². The number of fused-ring (bicyclic) bond motifs is 1. The number of hydrogen-bond acceptors (Lipinski definition) is 5. The van der Waals surface area contributed by atoms with Crippen LogP contribution in [0.15, 0.2) is 18.2 Å². The Morgan fingerprint density at radius 2 is 2.13 bits per heavy atom. The Hall–Kier alpha value is -2.16. The van der Waals surface area contributed by atoms with Crippen LogP contribution in [0.3, 0.4) is 0 Å². The van der Waals surface area contributed by atoms with Crippen LogP contribution in [-0.4, -0.2) is 65.2 Å². The van der Waals surface area contributed by atoms with E-state index in [1.165, 1.54) is 11.9 Å². The second-order valence-electron chi connectivity index (χ2n) is 8.37. The number of carbonyl (C=O) groups excluding carboxylic acids is 3. The molecule has 1 spiro atoms. The third-order valence-corrected chi connectivity index (χ3v) is 7.06. The van der Waals surface area contributed by atoms with Crippen LogP contribution in [0, 0.1) is 18.8 Å². The summed E-state index contributed by atoms with van der Waals surface area (Å²) in [5.41, 5.74) is 0.168. The van der Waals surface area contributed by atoms with E-state index in [4.69, 9.17) is 16.3 Å². The summed E-state index contributed by atoms with van der Waals surface area (Å²) in [6.07, 6.45) is 0.691. The molecule has 0 saturated carbocycles. The lowest BCUT2D eigenvalue weighted by Gasteiger charge is -2.35. The normalized spacial score (nSPS) is 32.8. The van der Waals surface area contributed by atoms with E-state index >= 15 is 0 Å². The quantitative estimate of drug-likeness (QED) is 0.641. The molecule has 9 heteroatoms. The van der Waals surface area contributed by atoms with Gasteiger partial charge in [-0.3, -0.25) is 14.4 Å². The van der Waals surface area contributed by atoms with Crippen molar-refractivity contribution in [1.82, 2.24) is 10.2 Å². The van der Waals surface area contributed by atoms with Gasteiger partial charge >= 0.3 is 0 Å². The number of ether oxygens (including phenoxy) is 1. The number of aryl methyl sites for hydroxylation is 1. The van der Waals surface area contributed by atoms with Crippen LogP contribution in [0.1, 0.15) is 25.3 Å². The highest BCUT2D eigenvalue weighted by atomic mass is 35.5. The number of hydrogen-bond donors (Lipinski definition) is 3. The number of nitrogens with zero attached hydrogens (tertiary/aromatic N) is 1. The fourth-order valence-electron chi connectivity index (χ4n) is 5.40. The van der Waals surface area contributed by atoms with Crippen molar-refractivity contribution in [2.24, 2.45) is 11.8 Å². The Labute approximate surface area is 179 Å².